The number of hydrogen-bond donors (Lipinski definition) is 2. The highest BCUT2D eigenvalue weighted by atomic mass is 16.3. The Morgan fingerprint density at radius 3 is 2.07 bits per heavy atom. The van der Waals surface area contributed by atoms with Gasteiger partial charge in [-0.1, -0.05) is 41.5 Å². The highest BCUT2D eigenvalue weighted by Gasteiger charge is 2.70. The van der Waals surface area contributed by atoms with Gasteiger partial charge in [0.2, 0.25) is 0 Å². The van der Waals surface area contributed by atoms with Gasteiger partial charge in [0, 0.05) is 0 Å². The molecule has 5 aliphatic rings. The van der Waals surface area contributed by atoms with Gasteiger partial charge in [0.25, 0.3) is 0 Å². The molecule has 5 aliphatic carbocycles. The molecule has 2 heteroatoms. The molecule has 2 nitrogen and oxygen atoms in total. The van der Waals surface area contributed by atoms with E-state index in [1.165, 1.54) is 51.4 Å². The van der Waals surface area contributed by atoms with E-state index in [9.17, 15) is 10.2 Å². The summed E-state index contributed by atoms with van der Waals surface area (Å²) in [5.74, 6) is 2.63. The van der Waals surface area contributed by atoms with Crippen LogP contribution in [-0.2, 0) is 0 Å². The summed E-state index contributed by atoms with van der Waals surface area (Å²) in [6, 6.07) is 0. The summed E-state index contributed by atoms with van der Waals surface area (Å²) >= 11 is 0. The van der Waals surface area contributed by atoms with Gasteiger partial charge in [-0.2, -0.15) is 0 Å². The summed E-state index contributed by atoms with van der Waals surface area (Å²) < 4.78 is 0. The molecule has 2 N–H and O–H groups in total. The predicted octanol–water partition coefficient (Wildman–Crippen LogP) is 6.19. The van der Waals surface area contributed by atoms with Gasteiger partial charge in [0.15, 0.2) is 0 Å². The van der Waals surface area contributed by atoms with Crippen molar-refractivity contribution < 1.29 is 10.2 Å². The molecule has 0 radical (unpaired) electrons. The SMILES string of the molecule is CC12CCC(O)C1C1CCC3C4(C)CCC(O)C(C)(C)C4CCC3(C)C1(C)CC2. The largest absolute Gasteiger partial charge is 0.393 e. The summed E-state index contributed by atoms with van der Waals surface area (Å²) in [6.45, 7) is 15.1. The Balaban J connectivity index is 1.54. The number of aliphatic hydroxyl groups is 2. The second-order valence-corrected chi connectivity index (χ2v) is 13.8. The highest BCUT2D eigenvalue weighted by Crippen LogP contribution is 2.76. The van der Waals surface area contributed by atoms with E-state index in [-0.39, 0.29) is 17.6 Å². The molecule has 0 aromatic rings. The first-order chi connectivity index (χ1) is 13.4. The topological polar surface area (TPSA) is 40.5 Å². The van der Waals surface area contributed by atoms with Crippen molar-refractivity contribution in [1.29, 1.82) is 0 Å². The van der Waals surface area contributed by atoms with Gasteiger partial charge >= 0.3 is 0 Å². The van der Waals surface area contributed by atoms with Crippen molar-refractivity contribution in [3.8, 4) is 0 Å². The van der Waals surface area contributed by atoms with E-state index in [1.54, 1.807) is 0 Å². The minimum absolute atomic E-state index is 0.0405. The van der Waals surface area contributed by atoms with Gasteiger partial charge in [-0.25, -0.2) is 0 Å². The van der Waals surface area contributed by atoms with Crippen molar-refractivity contribution in [3.63, 3.8) is 0 Å². The van der Waals surface area contributed by atoms with Gasteiger partial charge in [-0.05, 0) is 115 Å². The maximum Gasteiger partial charge on any atom is 0.0594 e. The molecule has 0 aliphatic heterocycles. The second-order valence-electron chi connectivity index (χ2n) is 13.8. The van der Waals surface area contributed by atoms with Crippen LogP contribution in [0.4, 0.5) is 0 Å². The van der Waals surface area contributed by atoms with E-state index >= 15 is 0 Å². The first-order valence-electron chi connectivity index (χ1n) is 12.8. The minimum atomic E-state index is -0.138. The van der Waals surface area contributed by atoms with Crippen molar-refractivity contribution >= 4 is 0 Å². The molecule has 0 aromatic heterocycles. The second kappa shape index (κ2) is 6.03. The maximum atomic E-state index is 11.0. The molecule has 5 fully saturated rings. The Bertz CT molecular complexity index is 686. The summed E-state index contributed by atoms with van der Waals surface area (Å²) in [5.41, 5.74) is 1.52. The highest BCUT2D eigenvalue weighted by molar-refractivity contribution is 5.19. The third-order valence-electron chi connectivity index (χ3n) is 12.8. The summed E-state index contributed by atoms with van der Waals surface area (Å²) in [6.07, 6.45) is 12.2. The van der Waals surface area contributed by atoms with Crippen molar-refractivity contribution in [2.75, 3.05) is 0 Å². The molecule has 0 aromatic carbocycles. The molecule has 5 saturated carbocycles. The van der Waals surface area contributed by atoms with Gasteiger partial charge in [0.1, 0.15) is 0 Å². The van der Waals surface area contributed by atoms with Crippen LogP contribution in [0.5, 0.6) is 0 Å². The first-order valence-corrected chi connectivity index (χ1v) is 12.8. The van der Waals surface area contributed by atoms with Crippen LogP contribution >= 0.6 is 0 Å². The van der Waals surface area contributed by atoms with Gasteiger partial charge in [0.05, 0.1) is 12.2 Å². The normalized spacial score (nSPS) is 61.2. The van der Waals surface area contributed by atoms with E-state index in [4.69, 9.17) is 0 Å². The molecular weight excluding hydrogens is 356 g/mol. The molecule has 0 amide bonds. The minimum Gasteiger partial charge on any atom is -0.393 e. The molecule has 0 bridgehead atoms. The zero-order chi connectivity index (χ0) is 21.0. The Morgan fingerprint density at radius 1 is 0.621 bits per heavy atom. The Hall–Kier alpha value is -0.0800. The number of aliphatic hydroxyl groups excluding tert-OH is 2. The number of hydrogen-bond acceptors (Lipinski definition) is 2. The Morgan fingerprint density at radius 2 is 1.34 bits per heavy atom. The summed E-state index contributed by atoms with van der Waals surface area (Å²) in [4.78, 5) is 0. The lowest BCUT2D eigenvalue weighted by Crippen LogP contribution is -2.66. The van der Waals surface area contributed by atoms with Crippen LogP contribution in [0, 0.1) is 50.7 Å². The standard InChI is InChI=1S/C27H46O2/c1-23(2)19-10-14-27(6)20(25(19,4)13-11-21(23)29)8-7-17-22-18(28)9-12-24(22,3)15-16-26(17,27)5/h17-22,28-29H,7-16H2,1-6H3. The van der Waals surface area contributed by atoms with Crippen molar-refractivity contribution in [1.82, 2.24) is 0 Å². The predicted molar refractivity (Wildman–Crippen MR) is 118 cm³/mol. The maximum absolute atomic E-state index is 11.0. The van der Waals surface area contributed by atoms with E-state index < -0.39 is 0 Å². The monoisotopic (exact) mass is 402 g/mol. The first kappa shape index (κ1) is 20.8. The lowest BCUT2D eigenvalue weighted by molar-refractivity contribution is -0.249. The molecule has 5 rings (SSSR count). The molecule has 29 heavy (non-hydrogen) atoms. The quantitative estimate of drug-likeness (QED) is 0.507. The third kappa shape index (κ3) is 2.37. The molecule has 10 atom stereocenters. The van der Waals surface area contributed by atoms with Gasteiger partial charge in [-0.3, -0.25) is 0 Å². The number of fused-ring (bicyclic) bond motifs is 7. The van der Waals surface area contributed by atoms with E-state index in [1.807, 2.05) is 0 Å². The average Bonchev–Trinajstić information content (AvgIpc) is 2.95. The van der Waals surface area contributed by atoms with Crippen LogP contribution in [0.15, 0.2) is 0 Å². The van der Waals surface area contributed by atoms with Crippen molar-refractivity contribution in [2.24, 2.45) is 50.7 Å². The lowest BCUT2D eigenvalue weighted by Gasteiger charge is -2.72. The zero-order valence-electron chi connectivity index (χ0n) is 19.9. The average molecular weight is 403 g/mol. The fourth-order valence-electron chi connectivity index (χ4n) is 10.9. The third-order valence-corrected chi connectivity index (χ3v) is 12.8. The van der Waals surface area contributed by atoms with Crippen LogP contribution < -0.4 is 0 Å². The fraction of sp³-hybridized carbons (Fsp3) is 1.00. The van der Waals surface area contributed by atoms with E-state index in [0.717, 1.165) is 18.8 Å². The Kier molecular flexibility index (Phi) is 4.33. The van der Waals surface area contributed by atoms with Gasteiger partial charge < -0.3 is 10.2 Å². The molecule has 0 heterocycles. The van der Waals surface area contributed by atoms with E-state index in [2.05, 4.69) is 41.5 Å². The molecule has 10 unspecified atom stereocenters. The molecule has 0 spiro atoms. The molecule has 0 saturated heterocycles. The van der Waals surface area contributed by atoms with E-state index in [0.29, 0.717) is 39.4 Å². The van der Waals surface area contributed by atoms with Gasteiger partial charge in [-0.15, -0.1) is 0 Å². The zero-order valence-corrected chi connectivity index (χ0v) is 19.9. The fourth-order valence-corrected chi connectivity index (χ4v) is 10.9. The lowest BCUT2D eigenvalue weighted by atomic mass is 9.32. The van der Waals surface area contributed by atoms with Crippen LogP contribution in [0.1, 0.15) is 106 Å². The van der Waals surface area contributed by atoms with Crippen LogP contribution in [0.25, 0.3) is 0 Å². The van der Waals surface area contributed by atoms with Crippen molar-refractivity contribution in [2.45, 2.75) is 118 Å². The molecule has 166 valence electrons. The summed E-state index contributed by atoms with van der Waals surface area (Å²) in [7, 11) is 0. The van der Waals surface area contributed by atoms with Crippen molar-refractivity contribution in [3.05, 3.63) is 0 Å². The smallest absolute Gasteiger partial charge is 0.0594 e. The van der Waals surface area contributed by atoms with Crippen LogP contribution in [0.2, 0.25) is 0 Å². The Labute approximate surface area is 179 Å². The van der Waals surface area contributed by atoms with Crippen LogP contribution in [0.3, 0.4) is 0 Å². The summed E-state index contributed by atoms with van der Waals surface area (Å²) in [5, 5.41) is 21.9. The van der Waals surface area contributed by atoms with Crippen LogP contribution in [-0.4, -0.2) is 22.4 Å². The number of rotatable bonds is 0. The molecular formula is C27H46O2.